The van der Waals surface area contributed by atoms with Crippen molar-refractivity contribution in [2.24, 2.45) is 5.92 Å². The van der Waals surface area contributed by atoms with E-state index < -0.39 is 47.2 Å². The molecule has 0 bridgehead atoms. The van der Waals surface area contributed by atoms with Gasteiger partial charge in [-0.1, -0.05) is 26.0 Å². The van der Waals surface area contributed by atoms with E-state index in [9.17, 15) is 23.6 Å². The number of ketones is 1. The number of urea groups is 1. The molecule has 1 aliphatic rings. The molecule has 1 atom stereocenters. The second-order valence-electron chi connectivity index (χ2n) is 9.99. The van der Waals surface area contributed by atoms with Crippen molar-refractivity contribution in [3.8, 4) is 0 Å². The molecule has 10 nitrogen and oxygen atoms in total. The first-order valence-corrected chi connectivity index (χ1v) is 11.2. The molecule has 1 aliphatic heterocycles. The maximum atomic E-state index is 13.3. The van der Waals surface area contributed by atoms with Gasteiger partial charge in [-0.05, 0) is 51.3 Å². The minimum atomic E-state index is -1.07. The van der Waals surface area contributed by atoms with Gasteiger partial charge in [0, 0.05) is 7.05 Å². The van der Waals surface area contributed by atoms with Crippen LogP contribution in [0.1, 0.15) is 63.7 Å². The van der Waals surface area contributed by atoms with E-state index in [0.29, 0.717) is 5.56 Å². The number of hydrogen-bond donors (Lipinski definition) is 1. The highest BCUT2D eigenvalue weighted by Gasteiger charge is 2.50. The Balaban J connectivity index is 1.76. The summed E-state index contributed by atoms with van der Waals surface area (Å²) in [5.74, 6) is -2.64. The van der Waals surface area contributed by atoms with Gasteiger partial charge in [0.25, 0.3) is 11.8 Å². The average molecular weight is 488 g/mol. The van der Waals surface area contributed by atoms with Crippen LogP contribution in [0.5, 0.6) is 0 Å². The maximum Gasteiger partial charge on any atom is 0.327 e. The third-order valence-corrected chi connectivity index (χ3v) is 6.43. The molecule has 1 unspecified atom stereocenters. The molecule has 188 valence electrons. The number of Topliss-reactive ketones (excluding diaryl/α,β-unsaturated/α-hetero) is 1. The van der Waals surface area contributed by atoms with Crippen molar-refractivity contribution in [3.05, 3.63) is 47.4 Å². The number of likely N-dealkylation sites (N-methyl/N-ethyl adjacent to an activating group) is 1. The van der Waals surface area contributed by atoms with Crippen LogP contribution in [0.15, 0.2) is 28.7 Å². The third kappa shape index (κ3) is 4.80. The molecule has 0 radical (unpaired) electrons. The number of carbonyl (C=O) groups is 4. The van der Waals surface area contributed by atoms with Crippen molar-refractivity contribution < 1.29 is 28.0 Å². The van der Waals surface area contributed by atoms with Gasteiger partial charge in [0.15, 0.2) is 0 Å². The quantitative estimate of drug-likeness (QED) is 0.448. The molecule has 0 saturated carbocycles. The van der Waals surface area contributed by atoms with Gasteiger partial charge >= 0.3 is 6.03 Å². The van der Waals surface area contributed by atoms with Crippen LogP contribution in [0.25, 0.3) is 0 Å². The number of hydrogen-bond acceptors (Lipinski definition) is 7. The van der Waals surface area contributed by atoms with Crippen molar-refractivity contribution in [3.63, 3.8) is 0 Å². The normalized spacial score (nSPS) is 16.7. The Morgan fingerprint density at radius 1 is 1.14 bits per heavy atom. The fourth-order valence-corrected chi connectivity index (χ4v) is 3.72. The van der Waals surface area contributed by atoms with E-state index in [-0.39, 0.29) is 23.5 Å². The Kier molecular flexibility index (Phi) is 6.83. The summed E-state index contributed by atoms with van der Waals surface area (Å²) in [4.78, 5) is 52.9. The second-order valence-corrected chi connectivity index (χ2v) is 9.99. The van der Waals surface area contributed by atoms with Gasteiger partial charge < -0.3 is 14.6 Å². The predicted molar refractivity (Wildman–Crippen MR) is 123 cm³/mol. The van der Waals surface area contributed by atoms with E-state index in [1.165, 1.54) is 24.1 Å². The highest BCUT2D eigenvalue weighted by molar-refractivity contribution is 6.08. The Bertz CT molecular complexity index is 1160. The number of benzene rings is 1. The highest BCUT2D eigenvalue weighted by atomic mass is 19.1. The molecule has 1 fully saturated rings. The van der Waals surface area contributed by atoms with Crippen LogP contribution in [0.3, 0.4) is 0 Å². The zero-order valence-electron chi connectivity index (χ0n) is 20.9. The molecule has 11 heteroatoms. The lowest BCUT2D eigenvalue weighted by Gasteiger charge is -2.22. The zero-order chi connectivity index (χ0) is 26.3. The summed E-state index contributed by atoms with van der Waals surface area (Å²) in [6, 6.07) is 4.21. The highest BCUT2D eigenvalue weighted by Crippen LogP contribution is 2.31. The first-order valence-electron chi connectivity index (χ1n) is 11.2. The minimum Gasteiger partial charge on any atom is -0.417 e. The summed E-state index contributed by atoms with van der Waals surface area (Å²) in [5, 5.41) is 10.5. The van der Waals surface area contributed by atoms with E-state index >= 15 is 0 Å². The average Bonchev–Trinajstić information content (AvgIpc) is 3.34. The molecule has 35 heavy (non-hydrogen) atoms. The molecule has 0 spiro atoms. The van der Waals surface area contributed by atoms with Gasteiger partial charge in [-0.25, -0.2) is 9.18 Å². The topological polar surface area (TPSA) is 126 Å². The fraction of sp³-hybridized carbons (Fsp3) is 0.500. The standard InChI is InChI=1S/C24H30FN5O5/c1-13(2)17(26-16(31)12-30-21(33)24(5,6)29(7)22(30)34)18(32)19-27-28-20(35-19)23(3,4)14-8-10-15(25)11-9-14/h8-11,13,17H,12H2,1-7H3,(H,26,31). The van der Waals surface area contributed by atoms with Gasteiger partial charge in [0.05, 0.1) is 11.5 Å². The predicted octanol–water partition coefficient (Wildman–Crippen LogP) is 2.53. The lowest BCUT2D eigenvalue weighted by atomic mass is 9.84. The summed E-state index contributed by atoms with van der Waals surface area (Å²) in [6.45, 7) is 9.71. The van der Waals surface area contributed by atoms with Crippen LogP contribution in [-0.4, -0.2) is 68.8 Å². The number of nitrogens with zero attached hydrogens (tertiary/aromatic N) is 4. The number of carbonyl (C=O) groups excluding carboxylic acids is 4. The summed E-state index contributed by atoms with van der Waals surface area (Å²) >= 11 is 0. The smallest absolute Gasteiger partial charge is 0.327 e. The van der Waals surface area contributed by atoms with Crippen molar-refractivity contribution in [1.29, 1.82) is 0 Å². The van der Waals surface area contributed by atoms with Crippen LogP contribution in [0, 0.1) is 11.7 Å². The molecule has 1 aromatic carbocycles. The summed E-state index contributed by atoms with van der Waals surface area (Å²) in [6.07, 6.45) is 0. The van der Waals surface area contributed by atoms with E-state index in [1.807, 2.05) is 0 Å². The second kappa shape index (κ2) is 9.20. The van der Waals surface area contributed by atoms with Gasteiger partial charge in [-0.3, -0.25) is 19.3 Å². The van der Waals surface area contributed by atoms with Gasteiger partial charge in [-0.15, -0.1) is 10.2 Å². The Labute approximate surface area is 202 Å². The van der Waals surface area contributed by atoms with Crippen molar-refractivity contribution >= 4 is 23.6 Å². The van der Waals surface area contributed by atoms with E-state index in [1.54, 1.807) is 53.7 Å². The van der Waals surface area contributed by atoms with Crippen LogP contribution < -0.4 is 5.32 Å². The van der Waals surface area contributed by atoms with Gasteiger partial charge in [0.2, 0.25) is 17.6 Å². The van der Waals surface area contributed by atoms with Gasteiger partial charge in [-0.2, -0.15) is 0 Å². The van der Waals surface area contributed by atoms with Crippen LogP contribution in [0.2, 0.25) is 0 Å². The Morgan fingerprint density at radius 2 is 1.74 bits per heavy atom. The van der Waals surface area contributed by atoms with Gasteiger partial charge in [0.1, 0.15) is 17.9 Å². The van der Waals surface area contributed by atoms with Crippen LogP contribution in [-0.2, 0) is 15.0 Å². The third-order valence-electron chi connectivity index (χ3n) is 6.43. The molecule has 3 rings (SSSR count). The lowest BCUT2D eigenvalue weighted by Crippen LogP contribution is -2.49. The number of amides is 4. The first kappa shape index (κ1) is 26.0. The van der Waals surface area contributed by atoms with E-state index in [2.05, 4.69) is 15.5 Å². The molecule has 1 aromatic heterocycles. The Morgan fingerprint density at radius 3 is 2.26 bits per heavy atom. The number of halogens is 1. The SMILES string of the molecule is CC(C)C(NC(=O)CN1C(=O)N(C)C(C)(C)C1=O)C(=O)c1nnc(C(C)(C)c2ccc(F)cc2)o1. The lowest BCUT2D eigenvalue weighted by molar-refractivity contribution is -0.135. The molecule has 2 aromatic rings. The zero-order valence-corrected chi connectivity index (χ0v) is 20.9. The molecular weight excluding hydrogens is 457 g/mol. The maximum absolute atomic E-state index is 13.3. The van der Waals surface area contributed by atoms with Crippen LogP contribution >= 0.6 is 0 Å². The monoisotopic (exact) mass is 487 g/mol. The number of aromatic nitrogens is 2. The largest absolute Gasteiger partial charge is 0.417 e. The molecule has 2 heterocycles. The number of rotatable bonds is 8. The fourth-order valence-electron chi connectivity index (χ4n) is 3.72. The molecular formula is C24H30FN5O5. The molecule has 1 N–H and O–H groups in total. The number of nitrogens with one attached hydrogen (secondary N) is 1. The summed E-state index contributed by atoms with van der Waals surface area (Å²) in [5.41, 5.74) is -1.16. The van der Waals surface area contributed by atoms with Crippen molar-refractivity contribution in [2.45, 2.75) is 58.5 Å². The van der Waals surface area contributed by atoms with Crippen molar-refractivity contribution in [1.82, 2.24) is 25.3 Å². The first-order chi connectivity index (χ1) is 16.2. The van der Waals surface area contributed by atoms with Crippen LogP contribution in [0.4, 0.5) is 9.18 Å². The summed E-state index contributed by atoms with van der Waals surface area (Å²) < 4.78 is 19.0. The molecule has 1 saturated heterocycles. The number of imide groups is 1. The Hall–Kier alpha value is -3.63. The minimum absolute atomic E-state index is 0.153. The molecule has 4 amide bonds. The van der Waals surface area contributed by atoms with E-state index in [4.69, 9.17) is 4.42 Å². The van der Waals surface area contributed by atoms with Crippen molar-refractivity contribution in [2.75, 3.05) is 13.6 Å². The summed E-state index contributed by atoms with van der Waals surface area (Å²) in [7, 11) is 1.49. The molecule has 0 aliphatic carbocycles. The van der Waals surface area contributed by atoms with E-state index in [0.717, 1.165) is 4.90 Å².